The highest BCUT2D eigenvalue weighted by Gasteiger charge is 2.18. The first-order valence-electron chi connectivity index (χ1n) is 7.23. The van der Waals surface area contributed by atoms with Crippen molar-refractivity contribution >= 4 is 32.6 Å². The summed E-state index contributed by atoms with van der Waals surface area (Å²) in [5.74, 6) is 1.10. The summed E-state index contributed by atoms with van der Waals surface area (Å²) in [6, 6.07) is 5.94. The molecule has 1 aromatic heterocycles. The number of hydrogen-bond donors (Lipinski definition) is 1. The minimum Gasteiger partial charge on any atom is -0.494 e. The largest absolute Gasteiger partial charge is 0.494 e. The molecule has 5 nitrogen and oxygen atoms in total. The molecule has 6 heteroatoms. The topological polar surface area (TPSA) is 54.5 Å². The van der Waals surface area contributed by atoms with Gasteiger partial charge in [0.2, 0.25) is 5.91 Å². The fraction of sp³-hybridized carbons (Fsp3) is 0.467. The molecule has 2 aromatic rings. The number of carbonyl (C=O) groups is 1. The fourth-order valence-corrected chi connectivity index (χ4v) is 3.48. The smallest absolute Gasteiger partial charge is 0.222 e. The normalized spacial score (nSPS) is 14.9. The molecule has 0 spiro atoms. The Labute approximate surface area is 127 Å². The molecule has 3 rings (SSSR count). The van der Waals surface area contributed by atoms with E-state index in [1.54, 1.807) is 18.4 Å². The average molecular weight is 305 g/mol. The Morgan fingerprint density at radius 1 is 1.48 bits per heavy atom. The molecule has 21 heavy (non-hydrogen) atoms. The van der Waals surface area contributed by atoms with E-state index < -0.39 is 0 Å². The van der Waals surface area contributed by atoms with Crippen molar-refractivity contribution in [1.29, 1.82) is 0 Å². The number of nitrogens with zero attached hydrogens (tertiary/aromatic N) is 2. The van der Waals surface area contributed by atoms with Crippen LogP contribution in [0.25, 0.3) is 10.2 Å². The molecule has 0 saturated carbocycles. The third kappa shape index (κ3) is 3.10. The van der Waals surface area contributed by atoms with Gasteiger partial charge in [-0.2, -0.15) is 0 Å². The van der Waals surface area contributed by atoms with Crippen molar-refractivity contribution in [3.8, 4) is 5.75 Å². The van der Waals surface area contributed by atoms with Crippen LogP contribution in [0, 0.1) is 0 Å². The molecule has 1 aliphatic heterocycles. The summed E-state index contributed by atoms with van der Waals surface area (Å²) in [7, 11) is 1.66. The maximum absolute atomic E-state index is 11.5. The van der Waals surface area contributed by atoms with Crippen molar-refractivity contribution in [2.45, 2.75) is 19.3 Å². The van der Waals surface area contributed by atoms with E-state index in [0.717, 1.165) is 53.6 Å². The molecule has 0 atom stereocenters. The number of fused-ring (bicyclic) bond motifs is 1. The van der Waals surface area contributed by atoms with Crippen LogP contribution >= 0.6 is 11.3 Å². The summed E-state index contributed by atoms with van der Waals surface area (Å²) < 4.78 is 6.44. The zero-order chi connectivity index (χ0) is 14.7. The number of nitrogens with one attached hydrogen (secondary N) is 1. The number of hydrogen-bond acceptors (Lipinski definition) is 5. The first-order valence-corrected chi connectivity index (χ1v) is 8.05. The van der Waals surface area contributed by atoms with E-state index in [1.807, 2.05) is 23.1 Å². The van der Waals surface area contributed by atoms with E-state index >= 15 is 0 Å². The zero-order valence-corrected chi connectivity index (χ0v) is 12.9. The van der Waals surface area contributed by atoms with Gasteiger partial charge in [-0.15, -0.1) is 0 Å². The van der Waals surface area contributed by atoms with Gasteiger partial charge in [0.1, 0.15) is 11.3 Å². The average Bonchev–Trinajstić information content (AvgIpc) is 3.09. The summed E-state index contributed by atoms with van der Waals surface area (Å²) in [6.45, 7) is 2.57. The van der Waals surface area contributed by atoms with Gasteiger partial charge in [-0.3, -0.25) is 4.79 Å². The van der Waals surface area contributed by atoms with Crippen LogP contribution < -0.4 is 10.1 Å². The highest BCUT2D eigenvalue weighted by molar-refractivity contribution is 7.22. The Balaban J connectivity index is 1.54. The molecule has 1 N–H and O–H groups in total. The van der Waals surface area contributed by atoms with Crippen molar-refractivity contribution in [2.75, 3.05) is 32.1 Å². The van der Waals surface area contributed by atoms with Gasteiger partial charge in [0.05, 0.1) is 11.8 Å². The Bertz CT molecular complexity index is 641. The van der Waals surface area contributed by atoms with Crippen LogP contribution in [0.3, 0.4) is 0 Å². The lowest BCUT2D eigenvalue weighted by Crippen LogP contribution is -2.26. The van der Waals surface area contributed by atoms with Crippen molar-refractivity contribution < 1.29 is 9.53 Å². The SMILES string of the molecule is COc1cccc2sc(NCCCN3CCCC3=O)nc12. The lowest BCUT2D eigenvalue weighted by molar-refractivity contribution is -0.127. The number of anilines is 1. The number of methoxy groups -OCH3 is 1. The van der Waals surface area contributed by atoms with Crippen molar-refractivity contribution in [3.63, 3.8) is 0 Å². The number of amides is 1. The van der Waals surface area contributed by atoms with Gasteiger partial charge in [0, 0.05) is 26.1 Å². The van der Waals surface area contributed by atoms with Crippen molar-refractivity contribution in [1.82, 2.24) is 9.88 Å². The number of benzene rings is 1. The number of rotatable bonds is 6. The number of likely N-dealkylation sites (tertiary alicyclic amines) is 1. The van der Waals surface area contributed by atoms with Crippen LogP contribution in [0.5, 0.6) is 5.75 Å². The van der Waals surface area contributed by atoms with Gasteiger partial charge in [-0.25, -0.2) is 4.98 Å². The molecule has 0 aliphatic carbocycles. The minimum absolute atomic E-state index is 0.291. The third-order valence-corrected chi connectivity index (χ3v) is 4.63. The van der Waals surface area contributed by atoms with E-state index in [4.69, 9.17) is 4.74 Å². The fourth-order valence-electron chi connectivity index (χ4n) is 2.57. The summed E-state index contributed by atoms with van der Waals surface area (Å²) in [5, 5.41) is 4.24. The number of para-hydroxylation sites is 1. The van der Waals surface area contributed by atoms with Crippen molar-refractivity contribution in [2.24, 2.45) is 0 Å². The third-order valence-electron chi connectivity index (χ3n) is 3.65. The number of carbonyl (C=O) groups excluding carboxylic acids is 1. The highest BCUT2D eigenvalue weighted by Crippen LogP contribution is 2.31. The van der Waals surface area contributed by atoms with Gasteiger partial charge in [-0.1, -0.05) is 17.4 Å². The van der Waals surface area contributed by atoms with Gasteiger partial charge < -0.3 is 15.0 Å². The molecule has 1 amide bonds. The molecule has 1 aromatic carbocycles. The Kier molecular flexibility index (Phi) is 4.24. The summed E-state index contributed by atoms with van der Waals surface area (Å²) >= 11 is 1.63. The quantitative estimate of drug-likeness (QED) is 0.834. The van der Waals surface area contributed by atoms with E-state index in [1.165, 1.54) is 0 Å². The highest BCUT2D eigenvalue weighted by atomic mass is 32.1. The van der Waals surface area contributed by atoms with Crippen LogP contribution in [0.2, 0.25) is 0 Å². The van der Waals surface area contributed by atoms with Gasteiger partial charge in [-0.05, 0) is 25.0 Å². The number of aromatic nitrogens is 1. The second-order valence-electron chi connectivity index (χ2n) is 5.09. The predicted molar refractivity (Wildman–Crippen MR) is 85.1 cm³/mol. The Morgan fingerprint density at radius 2 is 2.38 bits per heavy atom. The van der Waals surface area contributed by atoms with E-state index in [2.05, 4.69) is 10.3 Å². The van der Waals surface area contributed by atoms with E-state index in [0.29, 0.717) is 12.3 Å². The molecule has 0 unspecified atom stereocenters. The van der Waals surface area contributed by atoms with Crippen LogP contribution in [0.4, 0.5) is 5.13 Å². The molecule has 2 heterocycles. The molecule has 1 saturated heterocycles. The Morgan fingerprint density at radius 3 is 3.14 bits per heavy atom. The Hall–Kier alpha value is -1.82. The molecule has 0 bridgehead atoms. The van der Waals surface area contributed by atoms with E-state index in [9.17, 15) is 4.79 Å². The summed E-state index contributed by atoms with van der Waals surface area (Å²) in [5.41, 5.74) is 0.905. The molecule has 1 aliphatic rings. The van der Waals surface area contributed by atoms with Crippen LogP contribution in [-0.2, 0) is 4.79 Å². The molecule has 0 radical (unpaired) electrons. The molecular formula is C15H19N3O2S. The maximum atomic E-state index is 11.5. The number of ether oxygens (including phenoxy) is 1. The lowest BCUT2D eigenvalue weighted by atomic mass is 10.3. The van der Waals surface area contributed by atoms with Crippen LogP contribution in [0.15, 0.2) is 18.2 Å². The number of thiazole rings is 1. The van der Waals surface area contributed by atoms with Crippen LogP contribution in [0.1, 0.15) is 19.3 Å². The lowest BCUT2D eigenvalue weighted by Gasteiger charge is -2.14. The molecule has 1 fully saturated rings. The first kappa shape index (κ1) is 14.1. The van der Waals surface area contributed by atoms with Gasteiger partial charge in [0.15, 0.2) is 5.13 Å². The van der Waals surface area contributed by atoms with Gasteiger partial charge in [0.25, 0.3) is 0 Å². The zero-order valence-electron chi connectivity index (χ0n) is 12.1. The second kappa shape index (κ2) is 6.30. The van der Waals surface area contributed by atoms with Crippen molar-refractivity contribution in [3.05, 3.63) is 18.2 Å². The van der Waals surface area contributed by atoms with Gasteiger partial charge >= 0.3 is 0 Å². The first-order chi connectivity index (χ1) is 10.3. The molecule has 112 valence electrons. The second-order valence-corrected chi connectivity index (χ2v) is 6.12. The summed E-state index contributed by atoms with van der Waals surface area (Å²) in [6.07, 6.45) is 2.66. The minimum atomic E-state index is 0.291. The monoisotopic (exact) mass is 305 g/mol. The van der Waals surface area contributed by atoms with Crippen LogP contribution in [-0.4, -0.2) is 42.5 Å². The predicted octanol–water partition coefficient (Wildman–Crippen LogP) is 2.73. The molecular weight excluding hydrogens is 286 g/mol. The van der Waals surface area contributed by atoms with E-state index in [-0.39, 0.29) is 0 Å². The maximum Gasteiger partial charge on any atom is 0.222 e. The summed E-state index contributed by atoms with van der Waals surface area (Å²) in [4.78, 5) is 18.0. The standard InChI is InChI=1S/C15H19N3O2S/c1-20-11-5-2-6-12-14(11)17-15(21-12)16-8-4-10-18-9-3-7-13(18)19/h2,5-6H,3-4,7-10H2,1H3,(H,16,17).